The molecule has 0 bridgehead atoms. The summed E-state index contributed by atoms with van der Waals surface area (Å²) < 4.78 is 65.4. The van der Waals surface area contributed by atoms with Gasteiger partial charge in [0.25, 0.3) is 0 Å². The van der Waals surface area contributed by atoms with Gasteiger partial charge < -0.3 is 4.84 Å². The first kappa shape index (κ1) is 25.3. The Balaban J connectivity index is 1.97. The fraction of sp³-hybridized carbons (Fsp3) is 0.143. The number of pyridine rings is 1. The number of aromatic nitrogens is 1. The lowest BCUT2D eigenvalue weighted by atomic mass is 10.2. The third kappa shape index (κ3) is 5.97. The van der Waals surface area contributed by atoms with Gasteiger partial charge in [-0.2, -0.15) is 13.2 Å². The van der Waals surface area contributed by atoms with Gasteiger partial charge in [-0.3, -0.25) is 4.98 Å². The third-order valence-corrected chi connectivity index (χ3v) is 7.37. The van der Waals surface area contributed by atoms with Crippen LogP contribution in [0.3, 0.4) is 0 Å². The van der Waals surface area contributed by atoms with Gasteiger partial charge in [0.15, 0.2) is 9.84 Å². The molecule has 0 N–H and O–H groups in total. The number of hydrogen-bond donors (Lipinski definition) is 0. The molecule has 1 unspecified atom stereocenters. The zero-order chi connectivity index (χ0) is 24.2. The topological polar surface area (TPSA) is 68.6 Å². The van der Waals surface area contributed by atoms with E-state index in [9.17, 15) is 21.6 Å². The fourth-order valence-corrected chi connectivity index (χ4v) is 5.11. The summed E-state index contributed by atoms with van der Waals surface area (Å²) >= 11 is 18.1. The van der Waals surface area contributed by atoms with Gasteiger partial charge in [0.05, 0.1) is 27.4 Å². The number of nitrogens with zero attached hydrogens (tertiary/aromatic N) is 2. The molecule has 3 aromatic rings. The van der Waals surface area contributed by atoms with Crippen LogP contribution in [0.4, 0.5) is 13.2 Å². The predicted octanol–water partition coefficient (Wildman–Crippen LogP) is 6.78. The van der Waals surface area contributed by atoms with E-state index in [1.807, 2.05) is 0 Å². The molecular formula is C21H14Cl3F3N2O3S. The molecule has 1 aromatic heterocycles. The van der Waals surface area contributed by atoms with Crippen molar-refractivity contribution in [3.63, 3.8) is 0 Å². The summed E-state index contributed by atoms with van der Waals surface area (Å²) in [5.74, 6) is 0. The highest BCUT2D eigenvalue weighted by Crippen LogP contribution is 2.35. The maximum Gasteiger partial charge on any atom is 0.417 e. The smallest absolute Gasteiger partial charge is 0.391 e. The minimum atomic E-state index is -4.70. The maximum atomic E-state index is 13.2. The molecule has 33 heavy (non-hydrogen) atoms. The van der Waals surface area contributed by atoms with Crippen molar-refractivity contribution in [2.45, 2.75) is 22.9 Å². The van der Waals surface area contributed by atoms with Crippen molar-refractivity contribution in [3.8, 4) is 0 Å². The molecule has 0 saturated heterocycles. The highest BCUT2D eigenvalue weighted by molar-refractivity contribution is 7.92. The molecule has 0 aliphatic rings. The number of sulfone groups is 1. The molecular weight excluding hydrogens is 524 g/mol. The van der Waals surface area contributed by atoms with Crippen molar-refractivity contribution in [1.29, 1.82) is 0 Å². The summed E-state index contributed by atoms with van der Waals surface area (Å²) in [6.07, 6.45) is -3.30. The molecule has 1 heterocycles. The molecule has 0 aliphatic heterocycles. The molecule has 0 saturated carbocycles. The zero-order valence-corrected chi connectivity index (χ0v) is 19.5. The first-order chi connectivity index (χ1) is 15.5. The quantitative estimate of drug-likeness (QED) is 0.246. The van der Waals surface area contributed by atoms with E-state index in [0.29, 0.717) is 27.9 Å². The van der Waals surface area contributed by atoms with E-state index in [-0.39, 0.29) is 17.2 Å². The summed E-state index contributed by atoms with van der Waals surface area (Å²) in [7, 11) is -4.20. The van der Waals surface area contributed by atoms with Gasteiger partial charge >= 0.3 is 6.18 Å². The molecule has 1 atom stereocenters. The number of oxime groups is 1. The van der Waals surface area contributed by atoms with E-state index in [0.717, 1.165) is 6.21 Å². The second-order valence-corrected chi connectivity index (χ2v) is 9.89. The van der Waals surface area contributed by atoms with Crippen LogP contribution < -0.4 is 0 Å². The number of benzene rings is 2. The van der Waals surface area contributed by atoms with Gasteiger partial charge in [-0.05, 0) is 30.3 Å². The Morgan fingerprint density at radius 3 is 2.21 bits per heavy atom. The predicted molar refractivity (Wildman–Crippen MR) is 120 cm³/mol. The molecule has 3 rings (SSSR count). The van der Waals surface area contributed by atoms with Gasteiger partial charge in [0, 0.05) is 21.8 Å². The van der Waals surface area contributed by atoms with Crippen LogP contribution in [0.2, 0.25) is 15.1 Å². The summed E-state index contributed by atoms with van der Waals surface area (Å²) in [6, 6.07) is 12.7. The number of hydrogen-bond acceptors (Lipinski definition) is 5. The van der Waals surface area contributed by atoms with Gasteiger partial charge in [0.1, 0.15) is 11.9 Å². The van der Waals surface area contributed by atoms with Crippen LogP contribution in [-0.2, 0) is 27.5 Å². The van der Waals surface area contributed by atoms with Gasteiger partial charge in [-0.15, -0.1) is 0 Å². The molecule has 0 spiro atoms. The molecule has 0 amide bonds. The molecule has 2 aromatic carbocycles. The van der Waals surface area contributed by atoms with E-state index in [1.54, 1.807) is 24.3 Å². The van der Waals surface area contributed by atoms with E-state index < -0.39 is 31.8 Å². The first-order valence-electron chi connectivity index (χ1n) is 9.11. The van der Waals surface area contributed by atoms with Crippen LogP contribution in [0, 0.1) is 0 Å². The van der Waals surface area contributed by atoms with Crippen LogP contribution in [0.5, 0.6) is 0 Å². The van der Waals surface area contributed by atoms with Crippen molar-refractivity contribution in [1.82, 2.24) is 4.98 Å². The van der Waals surface area contributed by atoms with Crippen molar-refractivity contribution in [2.75, 3.05) is 0 Å². The Hall–Kier alpha value is -2.33. The Bertz CT molecular complexity index is 1250. The lowest BCUT2D eigenvalue weighted by Gasteiger charge is -2.16. The standard InChI is InChI=1S/C21H14Cl3F3N2O3S/c22-16-7-4-8-17(23)15(16)12-32-29-11-19(33(30,31)14-5-2-1-3-6-14)20-18(24)9-13(10-28-20)21(25,26)27/h1-11,19H,12H2. The zero-order valence-electron chi connectivity index (χ0n) is 16.4. The largest absolute Gasteiger partial charge is 0.417 e. The van der Waals surface area contributed by atoms with Crippen LogP contribution in [0.25, 0.3) is 0 Å². The second-order valence-electron chi connectivity index (χ2n) is 6.60. The van der Waals surface area contributed by atoms with Crippen LogP contribution >= 0.6 is 34.8 Å². The minimum Gasteiger partial charge on any atom is -0.391 e. The molecule has 5 nitrogen and oxygen atoms in total. The SMILES string of the molecule is O=S(=O)(c1ccccc1)C(C=NOCc1c(Cl)cccc1Cl)c1ncc(C(F)(F)F)cc1Cl. The second kappa shape index (κ2) is 10.3. The molecule has 12 heteroatoms. The lowest BCUT2D eigenvalue weighted by Crippen LogP contribution is -2.18. The molecule has 0 radical (unpaired) electrons. The monoisotopic (exact) mass is 536 g/mol. The van der Waals surface area contributed by atoms with Crippen molar-refractivity contribution >= 4 is 50.9 Å². The highest BCUT2D eigenvalue weighted by atomic mass is 35.5. The number of halogens is 6. The molecule has 0 fully saturated rings. The Kier molecular flexibility index (Phi) is 7.89. The first-order valence-corrected chi connectivity index (χ1v) is 11.8. The van der Waals surface area contributed by atoms with Crippen LogP contribution in [0.1, 0.15) is 22.1 Å². The van der Waals surface area contributed by atoms with Crippen molar-refractivity contribution < 1.29 is 26.4 Å². The molecule has 0 aliphatic carbocycles. The minimum absolute atomic E-state index is 0.103. The third-order valence-electron chi connectivity index (χ3n) is 4.41. The lowest BCUT2D eigenvalue weighted by molar-refractivity contribution is -0.137. The van der Waals surface area contributed by atoms with Crippen molar-refractivity contribution in [3.05, 3.63) is 92.7 Å². The average Bonchev–Trinajstić information content (AvgIpc) is 2.76. The number of rotatable bonds is 7. The number of alkyl halides is 3. The Morgan fingerprint density at radius 2 is 1.64 bits per heavy atom. The summed E-state index contributed by atoms with van der Waals surface area (Å²) in [6.45, 7) is -0.179. The van der Waals surface area contributed by atoms with Crippen LogP contribution in [-0.4, -0.2) is 19.6 Å². The Morgan fingerprint density at radius 1 is 1.00 bits per heavy atom. The van der Waals surface area contributed by atoms with Gasteiger partial charge in [0.2, 0.25) is 0 Å². The highest BCUT2D eigenvalue weighted by Gasteiger charge is 2.35. The maximum absolute atomic E-state index is 13.2. The Labute approximate surface area is 202 Å². The summed E-state index contributed by atoms with van der Waals surface area (Å²) in [4.78, 5) is 8.75. The normalized spacial score (nSPS) is 13.3. The summed E-state index contributed by atoms with van der Waals surface area (Å²) in [5.41, 5.74) is -1.03. The fourth-order valence-electron chi connectivity index (χ4n) is 2.74. The van der Waals surface area contributed by atoms with E-state index in [1.165, 1.54) is 24.3 Å². The van der Waals surface area contributed by atoms with Gasteiger partial charge in [-0.1, -0.05) is 64.2 Å². The van der Waals surface area contributed by atoms with Crippen molar-refractivity contribution in [2.24, 2.45) is 5.16 Å². The summed E-state index contributed by atoms with van der Waals surface area (Å²) in [5, 5.41) is 2.20. The molecule has 174 valence electrons. The average molecular weight is 538 g/mol. The van der Waals surface area contributed by atoms with Gasteiger partial charge in [-0.25, -0.2) is 8.42 Å². The van der Waals surface area contributed by atoms with E-state index in [2.05, 4.69) is 10.1 Å². The van der Waals surface area contributed by atoms with Crippen LogP contribution in [0.15, 0.2) is 70.8 Å². The van der Waals surface area contributed by atoms with E-state index in [4.69, 9.17) is 39.6 Å². The van der Waals surface area contributed by atoms with E-state index >= 15 is 0 Å².